The molecule has 126 valence electrons. The van der Waals surface area contributed by atoms with Gasteiger partial charge >= 0.3 is 0 Å². The molecular formula is C19H22N2O2S. The van der Waals surface area contributed by atoms with E-state index in [4.69, 9.17) is 0 Å². The first-order valence-corrected chi connectivity index (χ1v) is 9.48. The molecule has 5 heteroatoms. The van der Waals surface area contributed by atoms with Crippen molar-refractivity contribution < 1.29 is 9.90 Å². The lowest BCUT2D eigenvalue weighted by Gasteiger charge is -2.49. The summed E-state index contributed by atoms with van der Waals surface area (Å²) in [4.78, 5) is 19.4. The number of thiazole rings is 1. The number of amides is 1. The molecule has 1 N–H and O–H groups in total. The van der Waals surface area contributed by atoms with Gasteiger partial charge in [-0.1, -0.05) is 12.1 Å². The largest absolute Gasteiger partial charge is 0.396 e. The number of aromatic nitrogens is 1. The van der Waals surface area contributed by atoms with Crippen molar-refractivity contribution in [1.82, 2.24) is 9.88 Å². The molecule has 1 amide bonds. The Bertz CT molecular complexity index is 740. The van der Waals surface area contributed by atoms with Gasteiger partial charge in [0.2, 0.25) is 0 Å². The van der Waals surface area contributed by atoms with Crippen LogP contribution >= 0.6 is 11.3 Å². The Morgan fingerprint density at radius 2 is 2.12 bits per heavy atom. The Morgan fingerprint density at radius 3 is 2.75 bits per heavy atom. The Hall–Kier alpha value is -1.72. The molecule has 2 bridgehead atoms. The Labute approximate surface area is 146 Å². The summed E-state index contributed by atoms with van der Waals surface area (Å²) in [6, 6.07) is 7.97. The van der Waals surface area contributed by atoms with Gasteiger partial charge in [0.15, 0.2) is 0 Å². The smallest absolute Gasteiger partial charge is 0.254 e. The third kappa shape index (κ3) is 2.76. The lowest BCUT2D eigenvalue weighted by Crippen LogP contribution is -2.56. The van der Waals surface area contributed by atoms with Crippen molar-refractivity contribution >= 4 is 17.2 Å². The molecule has 2 aromatic rings. The van der Waals surface area contributed by atoms with Gasteiger partial charge in [-0.05, 0) is 44.2 Å². The number of nitrogens with zero attached hydrogens (tertiary/aromatic N) is 2. The highest BCUT2D eigenvalue weighted by molar-refractivity contribution is 7.09. The van der Waals surface area contributed by atoms with Gasteiger partial charge in [0.05, 0.1) is 10.7 Å². The maximum absolute atomic E-state index is 12.9. The zero-order chi connectivity index (χ0) is 16.7. The van der Waals surface area contributed by atoms with Crippen LogP contribution in [-0.4, -0.2) is 40.1 Å². The number of carbonyl (C=O) groups excluding carboxylic acids is 1. The summed E-state index contributed by atoms with van der Waals surface area (Å²) in [7, 11) is 0. The monoisotopic (exact) mass is 342 g/mol. The summed E-state index contributed by atoms with van der Waals surface area (Å²) in [5, 5.41) is 12.7. The van der Waals surface area contributed by atoms with Gasteiger partial charge in [0.1, 0.15) is 0 Å². The van der Waals surface area contributed by atoms with E-state index in [-0.39, 0.29) is 24.5 Å². The number of hydrogen-bond donors (Lipinski definition) is 1. The van der Waals surface area contributed by atoms with E-state index >= 15 is 0 Å². The van der Waals surface area contributed by atoms with E-state index in [1.54, 1.807) is 11.3 Å². The molecule has 3 atom stereocenters. The lowest BCUT2D eigenvalue weighted by molar-refractivity contribution is -0.0107. The molecule has 2 saturated heterocycles. The third-order valence-electron chi connectivity index (χ3n) is 5.45. The number of aliphatic hydroxyl groups excluding tert-OH is 1. The molecule has 1 aromatic heterocycles. The van der Waals surface area contributed by atoms with Crippen molar-refractivity contribution in [3.8, 4) is 11.3 Å². The number of carbonyl (C=O) groups is 1. The molecule has 24 heavy (non-hydrogen) atoms. The molecule has 1 aromatic carbocycles. The molecule has 1 aliphatic carbocycles. The molecule has 3 heterocycles. The fraction of sp³-hybridized carbons (Fsp3) is 0.474. The zero-order valence-electron chi connectivity index (χ0n) is 13.8. The molecule has 5 rings (SSSR count). The molecule has 3 fully saturated rings. The van der Waals surface area contributed by atoms with Crippen LogP contribution in [0.15, 0.2) is 29.6 Å². The Morgan fingerprint density at radius 1 is 1.33 bits per heavy atom. The van der Waals surface area contributed by atoms with Crippen molar-refractivity contribution in [2.45, 2.75) is 32.2 Å². The van der Waals surface area contributed by atoms with Gasteiger partial charge in [-0.3, -0.25) is 4.79 Å². The van der Waals surface area contributed by atoms with Crippen molar-refractivity contribution in [1.29, 1.82) is 0 Å². The van der Waals surface area contributed by atoms with Crippen LogP contribution in [0.25, 0.3) is 11.3 Å². The number of benzene rings is 1. The molecule has 3 unspecified atom stereocenters. The van der Waals surface area contributed by atoms with Crippen LogP contribution in [0.2, 0.25) is 0 Å². The van der Waals surface area contributed by atoms with Crippen molar-refractivity contribution in [2.24, 2.45) is 11.8 Å². The lowest BCUT2D eigenvalue weighted by atomic mass is 9.73. The van der Waals surface area contributed by atoms with Gasteiger partial charge in [-0.15, -0.1) is 11.3 Å². The third-order valence-corrected chi connectivity index (χ3v) is 6.22. The van der Waals surface area contributed by atoms with Crippen molar-refractivity contribution in [3.05, 3.63) is 40.2 Å². The van der Waals surface area contributed by atoms with Crippen LogP contribution in [0, 0.1) is 18.8 Å². The molecule has 2 aliphatic heterocycles. The minimum Gasteiger partial charge on any atom is -0.396 e. The SMILES string of the molecule is Cc1nc(-c2ccc(C(=O)N3CC4CCC3C(CO)C4)cc2)cs1. The molecule has 1 saturated carbocycles. The van der Waals surface area contributed by atoms with Gasteiger partial charge < -0.3 is 10.0 Å². The van der Waals surface area contributed by atoms with E-state index < -0.39 is 0 Å². The fourth-order valence-electron chi connectivity index (χ4n) is 4.21. The summed E-state index contributed by atoms with van der Waals surface area (Å²) in [5.41, 5.74) is 2.74. The highest BCUT2D eigenvalue weighted by atomic mass is 32.1. The number of piperidine rings is 2. The summed E-state index contributed by atoms with van der Waals surface area (Å²) in [5.74, 6) is 0.899. The first kappa shape index (κ1) is 15.8. The first-order chi connectivity index (χ1) is 11.7. The van der Waals surface area contributed by atoms with Gasteiger partial charge in [0.25, 0.3) is 5.91 Å². The zero-order valence-corrected chi connectivity index (χ0v) is 14.6. The minimum atomic E-state index is 0.101. The summed E-state index contributed by atoms with van der Waals surface area (Å²) < 4.78 is 0. The topological polar surface area (TPSA) is 53.4 Å². The van der Waals surface area contributed by atoms with Crippen molar-refractivity contribution in [2.75, 3.05) is 13.2 Å². The fourth-order valence-corrected chi connectivity index (χ4v) is 4.83. The summed E-state index contributed by atoms with van der Waals surface area (Å²) in [6.07, 6.45) is 3.28. The van der Waals surface area contributed by atoms with E-state index in [0.29, 0.717) is 5.92 Å². The van der Waals surface area contributed by atoms with Crippen LogP contribution < -0.4 is 0 Å². The van der Waals surface area contributed by atoms with Crippen LogP contribution in [0.3, 0.4) is 0 Å². The summed E-state index contributed by atoms with van der Waals surface area (Å²) in [6.45, 7) is 3.02. The number of fused-ring (bicyclic) bond motifs is 3. The van der Waals surface area contributed by atoms with Crippen molar-refractivity contribution in [3.63, 3.8) is 0 Å². The minimum absolute atomic E-state index is 0.101. The van der Waals surface area contributed by atoms with E-state index in [2.05, 4.69) is 4.98 Å². The molecular weight excluding hydrogens is 320 g/mol. The number of aryl methyl sites for hydroxylation is 1. The van der Waals surface area contributed by atoms with E-state index in [0.717, 1.165) is 41.2 Å². The molecule has 0 spiro atoms. The average molecular weight is 342 g/mol. The average Bonchev–Trinajstić information content (AvgIpc) is 3.08. The Balaban J connectivity index is 1.54. The maximum Gasteiger partial charge on any atom is 0.254 e. The first-order valence-electron chi connectivity index (χ1n) is 8.60. The number of rotatable bonds is 3. The highest BCUT2D eigenvalue weighted by Gasteiger charge is 2.42. The predicted octanol–water partition coefficient (Wildman–Crippen LogP) is 3.35. The second kappa shape index (κ2) is 6.30. The molecule has 4 nitrogen and oxygen atoms in total. The van der Waals surface area contributed by atoms with Gasteiger partial charge in [-0.2, -0.15) is 0 Å². The van der Waals surface area contributed by atoms with Gasteiger partial charge in [0, 0.05) is 41.6 Å². The number of hydrogen-bond acceptors (Lipinski definition) is 4. The predicted molar refractivity (Wildman–Crippen MR) is 95.0 cm³/mol. The highest BCUT2D eigenvalue weighted by Crippen LogP contribution is 2.39. The molecule has 3 aliphatic rings. The number of aliphatic hydroxyl groups is 1. The van der Waals surface area contributed by atoms with E-state index in [1.165, 1.54) is 6.42 Å². The van der Waals surface area contributed by atoms with Gasteiger partial charge in [-0.25, -0.2) is 4.98 Å². The standard InChI is InChI=1S/C19H22N2O2S/c1-12-20-17(11-24-12)14-3-5-15(6-4-14)19(23)21-9-13-2-7-18(21)16(8-13)10-22/h3-6,11,13,16,18,22H,2,7-10H2,1H3. The Kier molecular flexibility index (Phi) is 4.14. The maximum atomic E-state index is 12.9. The second-order valence-corrected chi connectivity index (χ2v) is 8.04. The summed E-state index contributed by atoms with van der Waals surface area (Å²) >= 11 is 1.63. The second-order valence-electron chi connectivity index (χ2n) is 6.98. The normalized spacial score (nSPS) is 25.9. The van der Waals surface area contributed by atoms with Crippen LogP contribution in [0.1, 0.15) is 34.6 Å². The van der Waals surface area contributed by atoms with E-state index in [1.807, 2.05) is 41.5 Å². The molecule has 0 radical (unpaired) electrons. The van der Waals surface area contributed by atoms with E-state index in [9.17, 15) is 9.90 Å². The van der Waals surface area contributed by atoms with Crippen LogP contribution in [0.4, 0.5) is 0 Å². The van der Waals surface area contributed by atoms with Crippen LogP contribution in [0.5, 0.6) is 0 Å². The quantitative estimate of drug-likeness (QED) is 0.931. The van der Waals surface area contributed by atoms with Crippen LogP contribution in [-0.2, 0) is 0 Å².